The van der Waals surface area contributed by atoms with E-state index in [0.717, 1.165) is 0 Å². The fourth-order valence-corrected chi connectivity index (χ4v) is 0.861. The fraction of sp³-hybridized carbons (Fsp3) is 0.667. The topological polar surface area (TPSA) is 66.9 Å². The quantitative estimate of drug-likeness (QED) is 0.607. The molecule has 0 saturated carbocycles. The normalized spacial score (nSPS) is 16.6. The van der Waals surface area contributed by atoms with Gasteiger partial charge in [0, 0.05) is 12.6 Å². The predicted molar refractivity (Wildman–Crippen MR) is 32.7 cm³/mol. The minimum absolute atomic E-state index is 0.102. The van der Waals surface area contributed by atoms with Gasteiger partial charge in [-0.2, -0.15) is 5.26 Å². The number of nitriles is 1. The molecule has 1 unspecified atom stereocenters. The summed E-state index contributed by atoms with van der Waals surface area (Å²) in [5, 5.41) is 7.94. The molecular weight excluding hydrogens is 146 g/mol. The number of nitrogens with two attached hydrogens (primary N) is 1. The smallest absolute Gasteiger partial charge is 0.230 e. The monoisotopic (exact) mass is 152 g/mol. The zero-order valence-electron chi connectivity index (χ0n) is 4.17. The summed E-state index contributed by atoms with van der Waals surface area (Å²) in [5.41, 5.74) is 4.89. The van der Waals surface area contributed by atoms with Gasteiger partial charge in [0.2, 0.25) is 6.65 Å². The summed E-state index contributed by atoms with van der Waals surface area (Å²) in [6, 6.07) is 1.79. The minimum atomic E-state index is -2.93. The van der Waals surface area contributed by atoms with Crippen LogP contribution in [0.15, 0.2) is 0 Å². The summed E-state index contributed by atoms with van der Waals surface area (Å²) in [6.07, 6.45) is 0.266. The standard InChI is InChI=1S/C3H6ClN2OP/c4-8(6,7)3-1-2-5/h1,3H2,(H2,6,7). The lowest BCUT2D eigenvalue weighted by molar-refractivity contribution is 0.585. The lowest BCUT2D eigenvalue weighted by Gasteiger charge is -1.95. The summed E-state index contributed by atoms with van der Waals surface area (Å²) >= 11 is 5.09. The molecule has 0 amide bonds. The van der Waals surface area contributed by atoms with E-state index >= 15 is 0 Å². The molecule has 1 atom stereocenters. The van der Waals surface area contributed by atoms with Crippen molar-refractivity contribution in [2.24, 2.45) is 5.50 Å². The molecule has 0 aliphatic carbocycles. The Balaban J connectivity index is 3.45. The molecule has 2 N–H and O–H groups in total. The maximum absolute atomic E-state index is 10.4. The van der Waals surface area contributed by atoms with Gasteiger partial charge in [-0.25, -0.2) is 0 Å². The molecule has 0 fully saturated rings. The lowest BCUT2D eigenvalue weighted by atomic mass is 10.6. The third kappa shape index (κ3) is 5.97. The van der Waals surface area contributed by atoms with Gasteiger partial charge in [0.15, 0.2) is 0 Å². The average Bonchev–Trinajstić information content (AvgIpc) is 1.59. The molecule has 5 heteroatoms. The molecule has 0 bridgehead atoms. The first-order chi connectivity index (χ1) is 3.56. The summed E-state index contributed by atoms with van der Waals surface area (Å²) < 4.78 is 10.4. The van der Waals surface area contributed by atoms with Gasteiger partial charge in [-0.3, -0.25) is 10.1 Å². The fourth-order valence-electron chi connectivity index (χ4n) is 0.202. The summed E-state index contributed by atoms with van der Waals surface area (Å²) in [4.78, 5) is 0. The third-order valence-electron chi connectivity index (χ3n) is 0.529. The predicted octanol–water partition coefficient (Wildman–Crippen LogP) is 1.29. The molecule has 0 aliphatic heterocycles. The van der Waals surface area contributed by atoms with E-state index in [1.54, 1.807) is 6.07 Å². The molecule has 46 valence electrons. The van der Waals surface area contributed by atoms with Crippen LogP contribution in [0.1, 0.15) is 6.42 Å². The molecule has 8 heavy (non-hydrogen) atoms. The molecule has 0 aromatic heterocycles. The van der Waals surface area contributed by atoms with Crippen LogP contribution < -0.4 is 5.50 Å². The molecule has 0 aliphatic rings. The van der Waals surface area contributed by atoms with E-state index in [0.29, 0.717) is 0 Å². The Kier molecular flexibility index (Phi) is 3.08. The van der Waals surface area contributed by atoms with Crippen LogP contribution >= 0.6 is 17.9 Å². The zero-order chi connectivity index (χ0) is 6.62. The van der Waals surface area contributed by atoms with Crippen molar-refractivity contribution in [2.45, 2.75) is 6.42 Å². The SMILES string of the molecule is N#CCCP(N)(=O)Cl. The maximum atomic E-state index is 10.4. The highest BCUT2D eigenvalue weighted by Gasteiger charge is 2.08. The van der Waals surface area contributed by atoms with E-state index in [4.69, 9.17) is 22.0 Å². The number of hydrogen-bond acceptors (Lipinski definition) is 2. The zero-order valence-corrected chi connectivity index (χ0v) is 5.82. The van der Waals surface area contributed by atoms with E-state index < -0.39 is 6.65 Å². The Bertz CT molecular complexity index is 146. The van der Waals surface area contributed by atoms with Gasteiger partial charge >= 0.3 is 0 Å². The van der Waals surface area contributed by atoms with E-state index in [-0.39, 0.29) is 12.6 Å². The third-order valence-corrected chi connectivity index (χ3v) is 1.87. The first-order valence-corrected chi connectivity index (χ1v) is 4.87. The second-order valence-electron chi connectivity index (χ2n) is 1.33. The number of nitrogens with zero attached hydrogens (tertiary/aromatic N) is 1. The van der Waals surface area contributed by atoms with Crippen molar-refractivity contribution in [3.63, 3.8) is 0 Å². The van der Waals surface area contributed by atoms with Crippen molar-refractivity contribution in [3.05, 3.63) is 0 Å². The van der Waals surface area contributed by atoms with Gasteiger partial charge in [-0.05, 0) is 11.2 Å². The molecular formula is C3H6ClN2OP. The summed E-state index contributed by atoms with van der Waals surface area (Å²) in [5.74, 6) is 0. The van der Waals surface area contributed by atoms with Gasteiger partial charge < -0.3 is 0 Å². The first-order valence-electron chi connectivity index (χ1n) is 2.00. The van der Waals surface area contributed by atoms with Gasteiger partial charge in [0.1, 0.15) is 0 Å². The first kappa shape index (κ1) is 7.97. The lowest BCUT2D eigenvalue weighted by Crippen LogP contribution is -1.91. The maximum Gasteiger partial charge on any atom is 0.230 e. The summed E-state index contributed by atoms with van der Waals surface area (Å²) in [7, 11) is 0. The number of rotatable bonds is 2. The molecule has 0 spiro atoms. The van der Waals surface area contributed by atoms with Crippen LogP contribution in [0, 0.1) is 11.3 Å². The van der Waals surface area contributed by atoms with E-state index in [2.05, 4.69) is 0 Å². The van der Waals surface area contributed by atoms with Crippen molar-refractivity contribution in [1.82, 2.24) is 0 Å². The van der Waals surface area contributed by atoms with Crippen LogP contribution in [0.2, 0.25) is 0 Å². The molecule has 3 nitrogen and oxygen atoms in total. The molecule has 0 rings (SSSR count). The van der Waals surface area contributed by atoms with Crippen molar-refractivity contribution in [1.29, 1.82) is 5.26 Å². The Morgan fingerprint density at radius 2 is 2.38 bits per heavy atom. The second-order valence-corrected chi connectivity index (χ2v) is 4.91. The Labute approximate surface area is 52.6 Å². The van der Waals surface area contributed by atoms with Crippen LogP contribution in [0.4, 0.5) is 0 Å². The van der Waals surface area contributed by atoms with E-state index in [9.17, 15) is 4.57 Å². The van der Waals surface area contributed by atoms with Crippen molar-refractivity contribution in [3.8, 4) is 6.07 Å². The van der Waals surface area contributed by atoms with E-state index in [1.807, 2.05) is 0 Å². The van der Waals surface area contributed by atoms with Crippen molar-refractivity contribution in [2.75, 3.05) is 6.16 Å². The van der Waals surface area contributed by atoms with Crippen LogP contribution in [-0.2, 0) is 4.57 Å². The highest BCUT2D eigenvalue weighted by Crippen LogP contribution is 2.42. The molecule has 0 radical (unpaired) electrons. The van der Waals surface area contributed by atoms with Gasteiger partial charge in [0.25, 0.3) is 0 Å². The minimum Gasteiger partial charge on any atom is -0.289 e. The van der Waals surface area contributed by atoms with Crippen LogP contribution in [0.25, 0.3) is 0 Å². The van der Waals surface area contributed by atoms with Gasteiger partial charge in [-0.15, -0.1) is 0 Å². The van der Waals surface area contributed by atoms with Gasteiger partial charge in [-0.1, -0.05) is 0 Å². The number of halogens is 1. The number of hydrogen-bond donors (Lipinski definition) is 1. The molecule has 0 saturated heterocycles. The second kappa shape index (κ2) is 3.09. The van der Waals surface area contributed by atoms with Crippen molar-refractivity contribution >= 4 is 17.9 Å². The van der Waals surface area contributed by atoms with Crippen LogP contribution in [-0.4, -0.2) is 6.16 Å². The Hall–Kier alpha value is -0.0300. The molecule has 0 heterocycles. The molecule has 0 aromatic rings. The Morgan fingerprint density at radius 3 is 2.50 bits per heavy atom. The van der Waals surface area contributed by atoms with Crippen LogP contribution in [0.3, 0.4) is 0 Å². The Morgan fingerprint density at radius 1 is 1.88 bits per heavy atom. The van der Waals surface area contributed by atoms with Gasteiger partial charge in [0.05, 0.1) is 6.07 Å². The molecule has 0 aromatic carbocycles. The highest BCUT2D eigenvalue weighted by atomic mass is 35.7. The summed E-state index contributed by atoms with van der Waals surface area (Å²) in [6.45, 7) is -2.93. The highest BCUT2D eigenvalue weighted by molar-refractivity contribution is 7.87. The van der Waals surface area contributed by atoms with Crippen LogP contribution in [0.5, 0.6) is 0 Å². The largest absolute Gasteiger partial charge is 0.289 e. The van der Waals surface area contributed by atoms with E-state index in [1.165, 1.54) is 0 Å². The average molecular weight is 153 g/mol. The van der Waals surface area contributed by atoms with Crippen molar-refractivity contribution < 1.29 is 4.57 Å².